The van der Waals surface area contributed by atoms with Gasteiger partial charge < -0.3 is 4.74 Å². The number of carbonyl (C=O) groups excluding carboxylic acids is 1. The van der Waals surface area contributed by atoms with Crippen molar-refractivity contribution in [3.05, 3.63) is 35.9 Å². The quantitative estimate of drug-likeness (QED) is 0.606. The van der Waals surface area contributed by atoms with Crippen LogP contribution >= 0.6 is 0 Å². The molecular weight excluding hydrogens is 232 g/mol. The van der Waals surface area contributed by atoms with Crippen LogP contribution in [0.4, 0.5) is 0 Å². The summed E-state index contributed by atoms with van der Waals surface area (Å²) in [6.07, 6.45) is 6.01. The van der Waals surface area contributed by atoms with Gasteiger partial charge in [-0.25, -0.2) is 4.79 Å². The van der Waals surface area contributed by atoms with E-state index in [0.717, 1.165) is 31.8 Å². The first kappa shape index (κ1) is 12.9. The van der Waals surface area contributed by atoms with E-state index in [1.54, 1.807) is 24.3 Å². The molecule has 4 heteroatoms. The molecule has 1 radical (unpaired) electrons. The number of rotatable bonds is 4. The maximum absolute atomic E-state index is 11.8. The predicted molar refractivity (Wildman–Crippen MR) is 65.8 cm³/mol. The molecule has 1 aromatic rings. The Kier molecular flexibility index (Phi) is 4.59. The molecule has 1 fully saturated rings. The van der Waals surface area contributed by atoms with E-state index < -0.39 is 5.97 Å². The molecule has 4 nitrogen and oxygen atoms in total. The van der Waals surface area contributed by atoms with Gasteiger partial charge in [0.1, 0.15) is 17.4 Å². The number of para-hydroxylation sites is 1. The van der Waals surface area contributed by atoms with E-state index in [2.05, 4.69) is 0 Å². The van der Waals surface area contributed by atoms with Crippen LogP contribution in [0.15, 0.2) is 24.3 Å². The zero-order valence-electron chi connectivity index (χ0n) is 10.5. The highest BCUT2D eigenvalue weighted by molar-refractivity contribution is 5.92. The molecule has 0 aliphatic heterocycles. The smallest absolute Gasteiger partial charge is 0.376 e. The van der Waals surface area contributed by atoms with Crippen LogP contribution in [0.25, 0.3) is 0 Å². The molecule has 1 saturated carbocycles. The van der Waals surface area contributed by atoms with E-state index >= 15 is 0 Å². The Morgan fingerprint density at radius 2 is 1.83 bits per heavy atom. The van der Waals surface area contributed by atoms with Gasteiger partial charge in [-0.15, -0.1) is 0 Å². The Morgan fingerprint density at radius 3 is 2.56 bits per heavy atom. The van der Waals surface area contributed by atoms with Crippen molar-refractivity contribution in [3.8, 4) is 5.75 Å². The molecule has 0 N–H and O–H groups in total. The molecule has 0 amide bonds. The zero-order chi connectivity index (χ0) is 12.8. The van der Waals surface area contributed by atoms with Gasteiger partial charge in [0.15, 0.2) is 0 Å². The summed E-state index contributed by atoms with van der Waals surface area (Å²) in [4.78, 5) is 21.8. The lowest BCUT2D eigenvalue weighted by molar-refractivity contribution is -0.239. The average Bonchev–Trinajstić information content (AvgIpc) is 2.45. The van der Waals surface area contributed by atoms with Crippen molar-refractivity contribution in [2.24, 2.45) is 0 Å². The molecule has 1 aliphatic rings. The fourth-order valence-electron chi connectivity index (χ4n) is 1.98. The van der Waals surface area contributed by atoms with Gasteiger partial charge in [0.05, 0.1) is 7.11 Å². The molecular formula is C14H17O4. The lowest BCUT2D eigenvalue weighted by Gasteiger charge is -2.18. The monoisotopic (exact) mass is 249 g/mol. The van der Waals surface area contributed by atoms with Crippen molar-refractivity contribution in [1.82, 2.24) is 0 Å². The van der Waals surface area contributed by atoms with Crippen molar-refractivity contribution in [2.45, 2.75) is 32.1 Å². The van der Waals surface area contributed by atoms with Gasteiger partial charge >= 0.3 is 5.97 Å². The van der Waals surface area contributed by atoms with E-state index in [0.29, 0.717) is 11.3 Å². The Balaban J connectivity index is 1.90. The van der Waals surface area contributed by atoms with Gasteiger partial charge in [0.2, 0.25) is 0 Å². The molecule has 0 aromatic heterocycles. The molecule has 1 aliphatic carbocycles. The minimum Gasteiger partial charge on any atom is -0.496 e. The summed E-state index contributed by atoms with van der Waals surface area (Å²) >= 11 is 0. The minimum absolute atomic E-state index is 0.372. The Hall–Kier alpha value is -1.55. The second-order valence-electron chi connectivity index (χ2n) is 4.25. The molecule has 97 valence electrons. The molecule has 0 unspecified atom stereocenters. The molecule has 0 heterocycles. The van der Waals surface area contributed by atoms with E-state index in [9.17, 15) is 4.79 Å². The van der Waals surface area contributed by atoms with Gasteiger partial charge in [0, 0.05) is 0 Å². The maximum Gasteiger partial charge on any atom is 0.376 e. The summed E-state index contributed by atoms with van der Waals surface area (Å²) in [5.74, 6) is -0.0368. The molecule has 18 heavy (non-hydrogen) atoms. The van der Waals surface area contributed by atoms with Crippen LogP contribution in [0.2, 0.25) is 0 Å². The standard InChI is InChI=1S/C14H17O4/c1-16-13-10-6-5-9-12(13)14(15)18-17-11-7-3-2-4-8-11/h5-6,9-10H,2-4,7-8H2,1H3. The van der Waals surface area contributed by atoms with E-state index in [-0.39, 0.29) is 0 Å². The SMILES string of the molecule is COc1ccccc1C(=O)OO[C]1CCCCC1. The molecule has 0 spiro atoms. The predicted octanol–water partition coefficient (Wildman–Crippen LogP) is 3.28. The maximum atomic E-state index is 11.8. The average molecular weight is 249 g/mol. The highest BCUT2D eigenvalue weighted by Gasteiger charge is 2.20. The lowest BCUT2D eigenvalue weighted by atomic mass is 9.98. The highest BCUT2D eigenvalue weighted by atomic mass is 17.2. The first-order valence-electron chi connectivity index (χ1n) is 6.18. The summed E-state index contributed by atoms with van der Waals surface area (Å²) in [5.41, 5.74) is 0.372. The van der Waals surface area contributed by atoms with Crippen molar-refractivity contribution in [1.29, 1.82) is 0 Å². The fourth-order valence-corrected chi connectivity index (χ4v) is 1.98. The van der Waals surface area contributed by atoms with Gasteiger partial charge in [-0.2, -0.15) is 4.89 Å². The van der Waals surface area contributed by atoms with Gasteiger partial charge in [-0.3, -0.25) is 4.89 Å². The number of carbonyl (C=O) groups is 1. The topological polar surface area (TPSA) is 44.8 Å². The summed E-state index contributed by atoms with van der Waals surface area (Å²) in [6, 6.07) is 6.92. The molecule has 2 rings (SSSR count). The molecule has 0 atom stereocenters. The van der Waals surface area contributed by atoms with Gasteiger partial charge in [-0.05, 0) is 25.0 Å². The third kappa shape index (κ3) is 3.23. The second kappa shape index (κ2) is 6.40. The zero-order valence-corrected chi connectivity index (χ0v) is 10.5. The van der Waals surface area contributed by atoms with Crippen LogP contribution in [-0.4, -0.2) is 13.1 Å². The lowest BCUT2D eigenvalue weighted by Crippen LogP contribution is -2.13. The van der Waals surface area contributed by atoms with Crippen molar-refractivity contribution < 1.29 is 19.3 Å². The van der Waals surface area contributed by atoms with E-state index in [1.165, 1.54) is 13.5 Å². The number of benzene rings is 1. The van der Waals surface area contributed by atoms with Gasteiger partial charge in [-0.1, -0.05) is 31.4 Å². The summed E-state index contributed by atoms with van der Waals surface area (Å²) < 4.78 is 5.10. The summed E-state index contributed by atoms with van der Waals surface area (Å²) in [6.45, 7) is 0. The van der Waals surface area contributed by atoms with Crippen molar-refractivity contribution >= 4 is 5.97 Å². The normalized spacial score (nSPS) is 16.3. The van der Waals surface area contributed by atoms with Crippen LogP contribution in [0.1, 0.15) is 42.5 Å². The van der Waals surface area contributed by atoms with E-state index in [4.69, 9.17) is 14.5 Å². The van der Waals surface area contributed by atoms with Crippen LogP contribution in [0.3, 0.4) is 0 Å². The second-order valence-corrected chi connectivity index (χ2v) is 4.25. The summed E-state index contributed by atoms with van der Waals surface area (Å²) in [5, 5.41) is 0. The Morgan fingerprint density at radius 1 is 1.11 bits per heavy atom. The minimum atomic E-state index is -0.523. The van der Waals surface area contributed by atoms with E-state index in [1.807, 2.05) is 0 Å². The highest BCUT2D eigenvalue weighted by Crippen LogP contribution is 2.27. The molecule has 0 bridgehead atoms. The van der Waals surface area contributed by atoms with Crippen LogP contribution < -0.4 is 4.74 Å². The molecule has 0 saturated heterocycles. The number of hydrogen-bond acceptors (Lipinski definition) is 4. The van der Waals surface area contributed by atoms with Crippen LogP contribution in [0.5, 0.6) is 5.75 Å². The number of methoxy groups -OCH3 is 1. The first-order chi connectivity index (χ1) is 8.81. The van der Waals surface area contributed by atoms with Crippen molar-refractivity contribution in [2.75, 3.05) is 7.11 Å². The molecule has 1 aromatic carbocycles. The van der Waals surface area contributed by atoms with Crippen molar-refractivity contribution in [3.63, 3.8) is 0 Å². The fraction of sp³-hybridized carbons (Fsp3) is 0.429. The third-order valence-corrected chi connectivity index (χ3v) is 2.97. The van der Waals surface area contributed by atoms with Gasteiger partial charge in [0.25, 0.3) is 0 Å². The van der Waals surface area contributed by atoms with Crippen LogP contribution in [-0.2, 0) is 9.78 Å². The first-order valence-corrected chi connectivity index (χ1v) is 6.18. The Labute approximate surface area is 107 Å². The number of hydrogen-bond donors (Lipinski definition) is 0. The summed E-state index contributed by atoms with van der Waals surface area (Å²) in [7, 11) is 1.52. The third-order valence-electron chi connectivity index (χ3n) is 2.97. The number of ether oxygens (including phenoxy) is 1. The largest absolute Gasteiger partial charge is 0.496 e. The Bertz CT molecular complexity index is 397. The van der Waals surface area contributed by atoms with Crippen LogP contribution in [0, 0.1) is 6.10 Å².